The summed E-state index contributed by atoms with van der Waals surface area (Å²) in [5.74, 6) is -1.61. The lowest BCUT2D eigenvalue weighted by Gasteiger charge is -2.20. The number of carbonyl (C=O) groups is 3. The maximum atomic E-state index is 12.2. The van der Waals surface area contributed by atoms with Gasteiger partial charge in [-0.25, -0.2) is 9.28 Å². The van der Waals surface area contributed by atoms with Gasteiger partial charge in [-0.2, -0.15) is 0 Å². The fourth-order valence-corrected chi connectivity index (χ4v) is 2.87. The number of ketones is 1. The van der Waals surface area contributed by atoms with E-state index in [0.717, 1.165) is 12.0 Å². The molecule has 0 aliphatic carbocycles. The van der Waals surface area contributed by atoms with Crippen molar-refractivity contribution in [2.24, 2.45) is 0 Å². The van der Waals surface area contributed by atoms with E-state index in [1.54, 1.807) is 33.2 Å². The molecule has 1 aliphatic rings. The Morgan fingerprint density at radius 2 is 1.91 bits per heavy atom. The number of nitrogens with zero attached hydrogens (tertiary/aromatic N) is 1. The fourth-order valence-electron chi connectivity index (χ4n) is 2.87. The number of fused-ring (bicyclic) bond motifs is 1. The SMILES string of the molecule is CCCC(C(=O)OCC)c1ccc2c(c1)C(=O)C(=O)[N+]2(C)C. The molecule has 0 fully saturated rings. The van der Waals surface area contributed by atoms with Crippen molar-refractivity contribution < 1.29 is 19.1 Å². The number of Topliss-reactive ketones (excluding diaryl/α,β-unsaturated/α-hetero) is 1. The highest BCUT2D eigenvalue weighted by atomic mass is 16.5. The van der Waals surface area contributed by atoms with Crippen LogP contribution in [0, 0.1) is 0 Å². The minimum atomic E-state index is -0.485. The summed E-state index contributed by atoms with van der Waals surface area (Å²) in [6.07, 6.45) is 1.48. The molecule has 22 heavy (non-hydrogen) atoms. The van der Waals surface area contributed by atoms with Gasteiger partial charge in [-0.05, 0) is 25.0 Å². The molecule has 5 nitrogen and oxygen atoms in total. The number of amides is 1. The molecule has 0 radical (unpaired) electrons. The Kier molecular flexibility index (Phi) is 4.47. The first-order valence-corrected chi connectivity index (χ1v) is 7.58. The summed E-state index contributed by atoms with van der Waals surface area (Å²) in [5.41, 5.74) is 1.82. The third-order valence-corrected chi connectivity index (χ3v) is 4.12. The summed E-state index contributed by atoms with van der Waals surface area (Å²) in [7, 11) is 3.39. The molecule has 1 aliphatic heterocycles. The summed E-state index contributed by atoms with van der Waals surface area (Å²) < 4.78 is 5.05. The lowest BCUT2D eigenvalue weighted by molar-refractivity contribution is -0.145. The van der Waals surface area contributed by atoms with Gasteiger partial charge in [0.25, 0.3) is 5.78 Å². The highest BCUT2D eigenvalue weighted by Crippen LogP contribution is 2.35. The van der Waals surface area contributed by atoms with Crippen LogP contribution in [0.2, 0.25) is 0 Å². The normalized spacial score (nSPS) is 17.3. The lowest BCUT2D eigenvalue weighted by Crippen LogP contribution is -2.45. The molecule has 0 N–H and O–H groups in total. The van der Waals surface area contributed by atoms with Gasteiger partial charge in [-0.1, -0.05) is 19.4 Å². The van der Waals surface area contributed by atoms with Crippen molar-refractivity contribution in [2.75, 3.05) is 20.7 Å². The minimum Gasteiger partial charge on any atom is -0.466 e. The summed E-state index contributed by atoms with van der Waals surface area (Å²) in [5, 5.41) is 0. The molecule has 5 heteroatoms. The molecule has 1 unspecified atom stereocenters. The molecule has 118 valence electrons. The van der Waals surface area contributed by atoms with Crippen molar-refractivity contribution in [1.82, 2.24) is 4.48 Å². The zero-order valence-electron chi connectivity index (χ0n) is 13.5. The van der Waals surface area contributed by atoms with Crippen LogP contribution in [0.15, 0.2) is 18.2 Å². The fraction of sp³-hybridized carbons (Fsp3) is 0.471. The third-order valence-electron chi connectivity index (χ3n) is 4.12. The number of quaternary nitrogens is 1. The topological polar surface area (TPSA) is 60.4 Å². The van der Waals surface area contributed by atoms with Gasteiger partial charge >= 0.3 is 11.9 Å². The second-order valence-corrected chi connectivity index (χ2v) is 5.96. The second-order valence-electron chi connectivity index (χ2n) is 5.96. The quantitative estimate of drug-likeness (QED) is 0.476. The average Bonchev–Trinajstić information content (AvgIpc) is 2.66. The largest absolute Gasteiger partial charge is 0.466 e. The second kappa shape index (κ2) is 6.01. The number of rotatable bonds is 5. The van der Waals surface area contributed by atoms with E-state index in [1.165, 1.54) is 0 Å². The molecular weight excluding hydrogens is 282 g/mol. The predicted molar refractivity (Wildman–Crippen MR) is 83.7 cm³/mol. The van der Waals surface area contributed by atoms with Gasteiger partial charge in [0.1, 0.15) is 0 Å². The summed E-state index contributed by atoms with van der Waals surface area (Å²) in [6, 6.07) is 5.27. The van der Waals surface area contributed by atoms with Crippen molar-refractivity contribution in [3.63, 3.8) is 0 Å². The van der Waals surface area contributed by atoms with Gasteiger partial charge in [0.05, 0.1) is 32.2 Å². The number of esters is 1. The van der Waals surface area contributed by atoms with Gasteiger partial charge in [-0.15, -0.1) is 0 Å². The number of hydrogen-bond acceptors (Lipinski definition) is 4. The smallest absolute Gasteiger partial charge is 0.391 e. The first-order valence-electron chi connectivity index (χ1n) is 7.58. The van der Waals surface area contributed by atoms with E-state index in [0.29, 0.717) is 24.3 Å². The zero-order valence-corrected chi connectivity index (χ0v) is 13.5. The van der Waals surface area contributed by atoms with Crippen molar-refractivity contribution in [3.8, 4) is 0 Å². The Hall–Kier alpha value is -2.01. The summed E-state index contributed by atoms with van der Waals surface area (Å²) >= 11 is 0. The van der Waals surface area contributed by atoms with Crippen molar-refractivity contribution in [3.05, 3.63) is 29.3 Å². The Bertz CT molecular complexity index is 634. The molecule has 0 spiro atoms. The van der Waals surface area contributed by atoms with Crippen LogP contribution in [0.1, 0.15) is 48.5 Å². The summed E-state index contributed by atoms with van der Waals surface area (Å²) in [6.45, 7) is 4.09. The molecule has 1 aromatic carbocycles. The standard InChI is InChI=1S/C17H22NO4/c1-5-7-12(17(21)22-6-2)11-8-9-14-13(10-11)15(19)16(20)18(14,3)4/h8-10,12H,5-7H2,1-4H3/q+1. The first kappa shape index (κ1) is 16.4. The first-order chi connectivity index (χ1) is 10.3. The van der Waals surface area contributed by atoms with Crippen molar-refractivity contribution >= 4 is 23.3 Å². The van der Waals surface area contributed by atoms with E-state index in [1.807, 2.05) is 13.0 Å². The Balaban J connectivity index is 2.45. The van der Waals surface area contributed by atoms with Crippen LogP contribution in [-0.4, -0.2) is 38.4 Å². The molecule has 2 rings (SSSR count). The molecule has 1 atom stereocenters. The van der Waals surface area contributed by atoms with Crippen LogP contribution in [0.4, 0.5) is 5.69 Å². The maximum Gasteiger partial charge on any atom is 0.391 e. The van der Waals surface area contributed by atoms with E-state index >= 15 is 0 Å². The van der Waals surface area contributed by atoms with E-state index in [9.17, 15) is 14.4 Å². The van der Waals surface area contributed by atoms with E-state index < -0.39 is 17.6 Å². The van der Waals surface area contributed by atoms with Gasteiger partial charge in [-0.3, -0.25) is 9.59 Å². The molecule has 1 amide bonds. The minimum absolute atomic E-state index is 0.0771. The van der Waals surface area contributed by atoms with Crippen molar-refractivity contribution in [1.29, 1.82) is 0 Å². The number of carbonyl (C=O) groups excluding carboxylic acids is 3. The van der Waals surface area contributed by atoms with Crippen LogP contribution in [0.25, 0.3) is 0 Å². The molecular formula is C17H22NO4+. The van der Waals surface area contributed by atoms with Gasteiger partial charge in [0.15, 0.2) is 5.69 Å². The summed E-state index contributed by atoms with van der Waals surface area (Å²) in [4.78, 5) is 36.3. The van der Waals surface area contributed by atoms with Gasteiger partial charge < -0.3 is 4.74 Å². The predicted octanol–water partition coefficient (Wildman–Crippen LogP) is 2.42. The molecule has 0 saturated carbocycles. The number of hydrogen-bond donors (Lipinski definition) is 0. The van der Waals surface area contributed by atoms with E-state index in [-0.39, 0.29) is 10.5 Å². The van der Waals surface area contributed by atoms with Gasteiger partial charge in [0, 0.05) is 6.07 Å². The van der Waals surface area contributed by atoms with E-state index in [2.05, 4.69) is 0 Å². The van der Waals surface area contributed by atoms with Crippen LogP contribution >= 0.6 is 0 Å². The Morgan fingerprint density at radius 3 is 2.50 bits per heavy atom. The monoisotopic (exact) mass is 304 g/mol. The molecule has 0 aromatic heterocycles. The average molecular weight is 304 g/mol. The molecule has 1 heterocycles. The van der Waals surface area contributed by atoms with Crippen molar-refractivity contribution in [2.45, 2.75) is 32.6 Å². The van der Waals surface area contributed by atoms with Crippen LogP contribution in [0.3, 0.4) is 0 Å². The number of ether oxygens (including phenoxy) is 1. The Morgan fingerprint density at radius 1 is 1.23 bits per heavy atom. The van der Waals surface area contributed by atoms with Crippen LogP contribution in [-0.2, 0) is 14.3 Å². The zero-order chi connectivity index (χ0) is 16.5. The Labute approximate surface area is 130 Å². The van der Waals surface area contributed by atoms with E-state index in [4.69, 9.17) is 4.74 Å². The number of benzene rings is 1. The van der Waals surface area contributed by atoms with Crippen LogP contribution in [0.5, 0.6) is 0 Å². The van der Waals surface area contributed by atoms with Gasteiger partial charge in [0.2, 0.25) is 0 Å². The van der Waals surface area contributed by atoms with Crippen LogP contribution < -0.4 is 4.48 Å². The maximum absolute atomic E-state index is 12.2. The molecule has 0 bridgehead atoms. The number of likely N-dealkylation sites (N-methyl/N-ethyl adjacent to an activating group) is 1. The highest BCUT2D eigenvalue weighted by molar-refractivity contribution is 6.50. The molecule has 1 aromatic rings. The highest BCUT2D eigenvalue weighted by Gasteiger charge is 2.47. The third kappa shape index (κ3) is 2.57. The lowest BCUT2D eigenvalue weighted by atomic mass is 9.92. The molecule has 0 saturated heterocycles.